The lowest BCUT2D eigenvalue weighted by molar-refractivity contribution is 0.0930. The van der Waals surface area contributed by atoms with Crippen LogP contribution < -0.4 is 5.32 Å². The first-order valence-corrected chi connectivity index (χ1v) is 7.80. The topological polar surface area (TPSA) is 52.6 Å². The molecule has 2 aromatic carbocycles. The van der Waals surface area contributed by atoms with Crippen LogP contribution in [0.1, 0.15) is 33.9 Å². The van der Waals surface area contributed by atoms with Crippen LogP contribution in [0.2, 0.25) is 0 Å². The number of nitrogens with zero attached hydrogens (tertiary/aromatic N) is 1. The summed E-state index contributed by atoms with van der Waals surface area (Å²) in [6, 6.07) is 17.2. The van der Waals surface area contributed by atoms with E-state index in [2.05, 4.69) is 10.2 Å². The van der Waals surface area contributed by atoms with Crippen LogP contribution in [0.5, 0.6) is 0 Å². The largest absolute Gasteiger partial charge is 0.396 e. The molecule has 0 aliphatic carbocycles. The van der Waals surface area contributed by atoms with E-state index in [1.807, 2.05) is 68.7 Å². The van der Waals surface area contributed by atoms with Gasteiger partial charge in [0.05, 0.1) is 6.04 Å². The van der Waals surface area contributed by atoms with Gasteiger partial charge in [0.15, 0.2) is 0 Å². The summed E-state index contributed by atoms with van der Waals surface area (Å²) in [4.78, 5) is 14.6. The van der Waals surface area contributed by atoms with Crippen LogP contribution in [0.3, 0.4) is 0 Å². The molecule has 1 amide bonds. The minimum atomic E-state index is -0.189. The number of aliphatic hydroxyl groups is 1. The molecule has 0 aromatic heterocycles. The molecule has 0 aliphatic rings. The zero-order valence-corrected chi connectivity index (χ0v) is 13.7. The predicted octanol–water partition coefficient (Wildman–Crippen LogP) is 2.60. The maximum absolute atomic E-state index is 12.5. The Labute approximate surface area is 137 Å². The molecule has 0 radical (unpaired) electrons. The predicted molar refractivity (Wildman–Crippen MR) is 92.2 cm³/mol. The van der Waals surface area contributed by atoms with Crippen molar-refractivity contribution in [3.05, 3.63) is 71.3 Å². The fourth-order valence-electron chi connectivity index (χ4n) is 2.55. The molecule has 1 atom stereocenters. The van der Waals surface area contributed by atoms with Gasteiger partial charge in [-0.1, -0.05) is 42.5 Å². The van der Waals surface area contributed by atoms with Gasteiger partial charge in [0.2, 0.25) is 0 Å². The molecule has 0 spiro atoms. The zero-order chi connectivity index (χ0) is 16.7. The maximum Gasteiger partial charge on any atom is 0.251 e. The summed E-state index contributed by atoms with van der Waals surface area (Å²) in [7, 11) is 4.00. The molecule has 0 fully saturated rings. The highest BCUT2D eigenvalue weighted by Gasteiger charge is 2.15. The first-order valence-electron chi connectivity index (χ1n) is 7.80. The van der Waals surface area contributed by atoms with Gasteiger partial charge in [-0.15, -0.1) is 0 Å². The molecule has 1 unspecified atom stereocenters. The van der Waals surface area contributed by atoms with Gasteiger partial charge in [-0.05, 0) is 43.8 Å². The summed E-state index contributed by atoms with van der Waals surface area (Å²) in [5.74, 6) is -0.118. The number of carbonyl (C=O) groups excluding carboxylic acids is 1. The quantitative estimate of drug-likeness (QED) is 0.826. The second kappa shape index (κ2) is 8.46. The Balaban J connectivity index is 2.12. The van der Waals surface area contributed by atoms with Crippen molar-refractivity contribution in [3.63, 3.8) is 0 Å². The second-order valence-electron chi connectivity index (χ2n) is 5.89. The number of nitrogens with one attached hydrogen (secondary N) is 1. The molecule has 0 saturated heterocycles. The van der Waals surface area contributed by atoms with E-state index >= 15 is 0 Å². The first kappa shape index (κ1) is 17.2. The summed E-state index contributed by atoms with van der Waals surface area (Å²) in [6.07, 6.45) is 0.493. The molecule has 2 aromatic rings. The van der Waals surface area contributed by atoms with Crippen LogP contribution in [0, 0.1) is 0 Å². The number of amides is 1. The Morgan fingerprint density at radius 2 is 1.87 bits per heavy atom. The number of benzene rings is 2. The highest BCUT2D eigenvalue weighted by Crippen LogP contribution is 2.17. The lowest BCUT2D eigenvalue weighted by Crippen LogP contribution is -2.29. The molecule has 122 valence electrons. The van der Waals surface area contributed by atoms with Crippen LogP contribution in [0.15, 0.2) is 54.6 Å². The number of aliphatic hydroxyl groups excluding tert-OH is 1. The van der Waals surface area contributed by atoms with Crippen LogP contribution in [-0.4, -0.2) is 36.6 Å². The fourth-order valence-corrected chi connectivity index (χ4v) is 2.55. The molecular formula is C19H24N2O2. The maximum atomic E-state index is 12.5. The average Bonchev–Trinajstić information content (AvgIpc) is 2.55. The molecule has 4 nitrogen and oxygen atoms in total. The standard InChI is InChI=1S/C19H24N2O2/c1-21(2)14-15-7-6-10-17(13-15)19(23)20-18(11-12-22)16-8-4-3-5-9-16/h3-10,13,18,22H,11-12,14H2,1-2H3,(H,20,23). The van der Waals surface area contributed by atoms with Crippen molar-refractivity contribution >= 4 is 5.91 Å². The number of carbonyl (C=O) groups is 1. The van der Waals surface area contributed by atoms with Gasteiger partial charge in [-0.25, -0.2) is 0 Å². The minimum absolute atomic E-state index is 0.0283. The number of rotatable bonds is 7. The lowest BCUT2D eigenvalue weighted by Gasteiger charge is -2.19. The van der Waals surface area contributed by atoms with Gasteiger partial charge in [0.25, 0.3) is 5.91 Å². The molecule has 23 heavy (non-hydrogen) atoms. The molecule has 0 heterocycles. The zero-order valence-electron chi connectivity index (χ0n) is 13.7. The highest BCUT2D eigenvalue weighted by molar-refractivity contribution is 5.94. The Morgan fingerprint density at radius 1 is 1.13 bits per heavy atom. The van der Waals surface area contributed by atoms with E-state index in [1.165, 1.54) is 0 Å². The highest BCUT2D eigenvalue weighted by atomic mass is 16.3. The van der Waals surface area contributed by atoms with Gasteiger partial charge >= 0.3 is 0 Å². The Hall–Kier alpha value is -2.17. The summed E-state index contributed by atoms with van der Waals surface area (Å²) in [6.45, 7) is 0.820. The molecule has 0 saturated carbocycles. The normalized spacial score (nSPS) is 12.2. The van der Waals surface area contributed by atoms with Crippen molar-refractivity contribution in [1.29, 1.82) is 0 Å². The van der Waals surface area contributed by atoms with Crippen LogP contribution in [-0.2, 0) is 6.54 Å². The van der Waals surface area contributed by atoms with Crippen LogP contribution >= 0.6 is 0 Å². The van der Waals surface area contributed by atoms with E-state index in [9.17, 15) is 9.90 Å². The lowest BCUT2D eigenvalue weighted by atomic mass is 10.0. The molecule has 2 rings (SSSR count). The molecule has 0 bridgehead atoms. The number of hydrogen-bond acceptors (Lipinski definition) is 3. The van der Waals surface area contributed by atoms with E-state index in [0.717, 1.165) is 17.7 Å². The molecule has 4 heteroatoms. The van der Waals surface area contributed by atoms with E-state index in [-0.39, 0.29) is 18.6 Å². The SMILES string of the molecule is CN(C)Cc1cccc(C(=O)NC(CCO)c2ccccc2)c1. The third-order valence-electron chi connectivity index (χ3n) is 3.61. The van der Waals surface area contributed by atoms with Crippen LogP contribution in [0.25, 0.3) is 0 Å². The second-order valence-corrected chi connectivity index (χ2v) is 5.89. The smallest absolute Gasteiger partial charge is 0.251 e. The van der Waals surface area contributed by atoms with Crippen molar-refractivity contribution in [2.24, 2.45) is 0 Å². The monoisotopic (exact) mass is 312 g/mol. The summed E-state index contributed by atoms with van der Waals surface area (Å²) in [5, 5.41) is 12.3. The fraction of sp³-hybridized carbons (Fsp3) is 0.316. The van der Waals surface area contributed by atoms with Crippen molar-refractivity contribution < 1.29 is 9.90 Å². The average molecular weight is 312 g/mol. The summed E-state index contributed by atoms with van der Waals surface area (Å²) in [5.41, 5.74) is 2.74. The Kier molecular flexibility index (Phi) is 6.32. The molecule has 0 aliphatic heterocycles. The molecule has 2 N–H and O–H groups in total. The summed E-state index contributed by atoms with van der Waals surface area (Å²) < 4.78 is 0. The van der Waals surface area contributed by atoms with Gasteiger partial charge < -0.3 is 15.3 Å². The van der Waals surface area contributed by atoms with E-state index in [1.54, 1.807) is 0 Å². The van der Waals surface area contributed by atoms with Crippen molar-refractivity contribution in [2.75, 3.05) is 20.7 Å². The number of hydrogen-bond donors (Lipinski definition) is 2. The van der Waals surface area contributed by atoms with Gasteiger partial charge in [-0.3, -0.25) is 4.79 Å². The van der Waals surface area contributed by atoms with Crippen LogP contribution in [0.4, 0.5) is 0 Å². The van der Waals surface area contributed by atoms with Crippen molar-refractivity contribution in [1.82, 2.24) is 10.2 Å². The first-order chi connectivity index (χ1) is 11.1. The third-order valence-corrected chi connectivity index (χ3v) is 3.61. The van der Waals surface area contributed by atoms with Gasteiger partial charge in [0.1, 0.15) is 0 Å². The van der Waals surface area contributed by atoms with E-state index in [4.69, 9.17) is 0 Å². The van der Waals surface area contributed by atoms with Gasteiger partial charge in [-0.2, -0.15) is 0 Å². The molecular weight excluding hydrogens is 288 g/mol. The van der Waals surface area contributed by atoms with E-state index < -0.39 is 0 Å². The summed E-state index contributed by atoms with van der Waals surface area (Å²) >= 11 is 0. The van der Waals surface area contributed by atoms with Crippen molar-refractivity contribution in [2.45, 2.75) is 19.0 Å². The van der Waals surface area contributed by atoms with E-state index in [0.29, 0.717) is 12.0 Å². The van der Waals surface area contributed by atoms with Gasteiger partial charge in [0, 0.05) is 18.7 Å². The third kappa shape index (κ3) is 5.20. The Bertz CT molecular complexity index is 626. The minimum Gasteiger partial charge on any atom is -0.396 e. The van der Waals surface area contributed by atoms with Crippen molar-refractivity contribution in [3.8, 4) is 0 Å². The Morgan fingerprint density at radius 3 is 2.52 bits per heavy atom.